The predicted molar refractivity (Wildman–Crippen MR) is 190 cm³/mol. The zero-order chi connectivity index (χ0) is 34.9. The van der Waals surface area contributed by atoms with Gasteiger partial charge in [-0.25, -0.2) is 23.3 Å². The summed E-state index contributed by atoms with van der Waals surface area (Å²) in [5, 5.41) is 24.2. The second-order valence-corrected chi connectivity index (χ2v) is 11.8. The minimum absolute atomic E-state index is 0.529. The van der Waals surface area contributed by atoms with Gasteiger partial charge in [0.15, 0.2) is 0 Å². The lowest BCUT2D eigenvalue weighted by Gasteiger charge is -2.10. The van der Waals surface area contributed by atoms with E-state index < -0.39 is 0 Å². The van der Waals surface area contributed by atoms with Crippen molar-refractivity contribution >= 4 is 40.6 Å². The van der Waals surface area contributed by atoms with Crippen molar-refractivity contribution in [2.24, 2.45) is 48.6 Å². The first kappa shape index (κ1) is 33.7. The zero-order valence-corrected chi connectivity index (χ0v) is 28.9. The van der Waals surface area contributed by atoms with Crippen LogP contribution < -0.4 is 19.8 Å². The maximum Gasteiger partial charge on any atom is 0.421 e. The molecule has 0 atom stereocenters. The molecular formula is C36H41N13O+2. The van der Waals surface area contributed by atoms with Crippen LogP contribution in [-0.2, 0) is 45.8 Å². The van der Waals surface area contributed by atoms with Crippen LogP contribution in [-0.4, -0.2) is 44.3 Å². The molecule has 0 unspecified atom stereocenters. The van der Waals surface area contributed by atoms with Crippen molar-refractivity contribution in [3.8, 4) is 0 Å². The van der Waals surface area contributed by atoms with Gasteiger partial charge in [0.2, 0.25) is 5.95 Å². The van der Waals surface area contributed by atoms with Gasteiger partial charge in [0.25, 0.3) is 0 Å². The topological polar surface area (TPSA) is 139 Å². The van der Waals surface area contributed by atoms with Crippen LogP contribution >= 0.6 is 0 Å². The Bertz CT molecular complexity index is 2040. The van der Waals surface area contributed by atoms with E-state index in [0.717, 1.165) is 45.8 Å². The molecule has 254 valence electrons. The number of rotatable bonds is 14. The first-order valence-corrected chi connectivity index (χ1v) is 16.2. The number of hydrogen-bond donors (Lipinski definition) is 2. The zero-order valence-electron chi connectivity index (χ0n) is 28.9. The molecule has 6 rings (SSSR count). The van der Waals surface area contributed by atoms with E-state index in [2.05, 4.69) is 55.4 Å². The van der Waals surface area contributed by atoms with Crippen molar-refractivity contribution < 1.29 is 13.9 Å². The molecule has 14 heteroatoms. The number of aryl methyl sites for hydroxylation is 4. The lowest BCUT2D eigenvalue weighted by molar-refractivity contribution is -0.657. The number of methoxy groups -OCH3 is 1. The Morgan fingerprint density at radius 3 is 1.56 bits per heavy atom. The van der Waals surface area contributed by atoms with E-state index in [1.807, 2.05) is 120 Å². The summed E-state index contributed by atoms with van der Waals surface area (Å²) < 4.78 is 12.9. The van der Waals surface area contributed by atoms with E-state index in [1.54, 1.807) is 7.11 Å². The molecule has 0 radical (unpaired) electrons. The number of hydrogen-bond acceptors (Lipinski definition) is 10. The summed E-state index contributed by atoms with van der Waals surface area (Å²) in [6, 6.07) is 24.0. The number of benzene rings is 3. The number of azo groups is 2. The van der Waals surface area contributed by atoms with E-state index in [0.29, 0.717) is 43.6 Å². The Morgan fingerprint density at radius 2 is 1.10 bits per heavy atom. The van der Waals surface area contributed by atoms with Crippen LogP contribution in [0.5, 0.6) is 0 Å². The molecule has 6 aromatic rings. The molecule has 0 saturated carbocycles. The second kappa shape index (κ2) is 15.8. The molecule has 0 aliphatic carbocycles. The average Bonchev–Trinajstić information content (AvgIpc) is 3.62. The maximum absolute atomic E-state index is 5.21. The predicted octanol–water partition coefficient (Wildman–Crippen LogP) is 6.01. The van der Waals surface area contributed by atoms with E-state index >= 15 is 0 Å². The molecule has 3 aromatic carbocycles. The Morgan fingerprint density at radius 1 is 0.640 bits per heavy atom. The van der Waals surface area contributed by atoms with Crippen molar-refractivity contribution in [3.05, 3.63) is 120 Å². The summed E-state index contributed by atoms with van der Waals surface area (Å²) in [4.78, 5) is 14.2. The van der Waals surface area contributed by atoms with E-state index in [1.165, 1.54) is 0 Å². The lowest BCUT2D eigenvalue weighted by Crippen LogP contribution is -2.25. The second-order valence-electron chi connectivity index (χ2n) is 11.8. The summed E-state index contributed by atoms with van der Waals surface area (Å²) in [6.45, 7) is 1.13. The molecule has 2 N–H and O–H groups in total. The van der Waals surface area contributed by atoms with Crippen molar-refractivity contribution in [2.75, 3.05) is 30.9 Å². The van der Waals surface area contributed by atoms with Crippen LogP contribution in [0, 0.1) is 0 Å². The molecule has 14 nitrogen and oxygen atoms in total. The number of imidazole rings is 2. The SMILES string of the molecule is COCCNc1nc(Cc2ccc(N=Nc3n(C)cc[n+]3C)cc2)nc(Cc2ccc(Nc3ccc(N=Nc4n(C)cc[n+]4C)cc3)cc2)n1. The first-order chi connectivity index (χ1) is 24.3. The van der Waals surface area contributed by atoms with Gasteiger partial charge in [-0.1, -0.05) is 34.5 Å². The van der Waals surface area contributed by atoms with Gasteiger partial charge in [0.1, 0.15) is 23.0 Å². The Labute approximate surface area is 290 Å². The minimum Gasteiger partial charge on any atom is -0.383 e. The largest absolute Gasteiger partial charge is 0.421 e. The van der Waals surface area contributed by atoms with Crippen molar-refractivity contribution in [2.45, 2.75) is 12.8 Å². The van der Waals surface area contributed by atoms with Gasteiger partial charge in [-0.2, -0.15) is 9.97 Å². The molecule has 0 aliphatic heterocycles. The van der Waals surface area contributed by atoms with E-state index in [-0.39, 0.29) is 0 Å². The highest BCUT2D eigenvalue weighted by Crippen LogP contribution is 2.23. The van der Waals surface area contributed by atoms with Gasteiger partial charge in [0, 0.05) is 48.1 Å². The third-order valence-electron chi connectivity index (χ3n) is 7.89. The average molecular weight is 672 g/mol. The number of anilines is 3. The Hall–Kier alpha value is -6.15. The van der Waals surface area contributed by atoms with Gasteiger partial charge in [-0.3, -0.25) is 0 Å². The van der Waals surface area contributed by atoms with Crippen LogP contribution in [0.3, 0.4) is 0 Å². The summed E-state index contributed by atoms with van der Waals surface area (Å²) in [6.07, 6.45) is 8.87. The van der Waals surface area contributed by atoms with Gasteiger partial charge in [-0.05, 0) is 59.7 Å². The molecule has 0 saturated heterocycles. The highest BCUT2D eigenvalue weighted by Gasteiger charge is 2.13. The van der Waals surface area contributed by atoms with Crippen LogP contribution in [0.4, 0.5) is 40.6 Å². The third-order valence-corrected chi connectivity index (χ3v) is 7.89. The number of ether oxygens (including phenoxy) is 1. The van der Waals surface area contributed by atoms with Crippen LogP contribution in [0.2, 0.25) is 0 Å². The standard InChI is InChI=1S/C36H40N13O/c1-46-19-20-47(2)35(46)44-42-30-12-8-27(9-13-30)25-33-39-32(40-34(41-33)37-18-23-50-5)24-26-6-10-28(11-7-26)38-29-14-16-31(17-15-29)43-45-36-48(3)21-22-49(36)4/h6-17,19-22H,18,23-25H2,1-5H3,(H,37,39,40,41)/q+1/p+1. The van der Waals surface area contributed by atoms with Crippen molar-refractivity contribution in [1.82, 2.24) is 24.1 Å². The summed E-state index contributed by atoms with van der Waals surface area (Å²) in [5.74, 6) is 3.42. The Balaban J connectivity index is 1.10. The highest BCUT2D eigenvalue weighted by molar-refractivity contribution is 5.61. The van der Waals surface area contributed by atoms with Gasteiger partial charge >= 0.3 is 11.9 Å². The van der Waals surface area contributed by atoms with Crippen LogP contribution in [0.1, 0.15) is 22.8 Å². The van der Waals surface area contributed by atoms with Gasteiger partial charge in [0.05, 0.1) is 59.6 Å². The van der Waals surface area contributed by atoms with Crippen molar-refractivity contribution in [3.63, 3.8) is 0 Å². The van der Waals surface area contributed by atoms with Crippen LogP contribution in [0.25, 0.3) is 0 Å². The number of aromatic nitrogens is 7. The number of nitrogens with zero attached hydrogens (tertiary/aromatic N) is 11. The molecule has 3 heterocycles. The lowest BCUT2D eigenvalue weighted by atomic mass is 10.1. The maximum atomic E-state index is 5.21. The molecular weight excluding hydrogens is 630 g/mol. The third kappa shape index (κ3) is 8.85. The summed E-state index contributed by atoms with van der Waals surface area (Å²) >= 11 is 0. The smallest absolute Gasteiger partial charge is 0.383 e. The molecule has 0 bridgehead atoms. The molecule has 0 amide bonds. The monoisotopic (exact) mass is 671 g/mol. The molecule has 50 heavy (non-hydrogen) atoms. The molecule has 0 fully saturated rings. The minimum atomic E-state index is 0.529. The van der Waals surface area contributed by atoms with Gasteiger partial charge in [-0.15, -0.1) is 0 Å². The van der Waals surface area contributed by atoms with E-state index in [4.69, 9.17) is 19.7 Å². The fourth-order valence-electron chi connectivity index (χ4n) is 5.15. The van der Waals surface area contributed by atoms with Gasteiger partial charge < -0.3 is 15.4 Å². The normalized spacial score (nSPS) is 11.5. The first-order valence-electron chi connectivity index (χ1n) is 16.2. The summed E-state index contributed by atoms with van der Waals surface area (Å²) in [7, 11) is 9.43. The van der Waals surface area contributed by atoms with Crippen molar-refractivity contribution in [1.29, 1.82) is 0 Å². The van der Waals surface area contributed by atoms with Crippen LogP contribution in [0.15, 0.2) is 118 Å². The molecule has 0 aliphatic rings. The molecule has 0 spiro atoms. The summed E-state index contributed by atoms with van der Waals surface area (Å²) in [5.41, 5.74) is 5.61. The highest BCUT2D eigenvalue weighted by atomic mass is 16.5. The molecule has 3 aromatic heterocycles. The fourth-order valence-corrected chi connectivity index (χ4v) is 5.15. The fraction of sp³-hybridized carbons (Fsp3) is 0.250. The quantitative estimate of drug-likeness (QED) is 0.0826. The van der Waals surface area contributed by atoms with E-state index in [9.17, 15) is 0 Å². The number of nitrogens with one attached hydrogen (secondary N) is 2. The Kier molecular flexibility index (Phi) is 10.7.